The van der Waals surface area contributed by atoms with Gasteiger partial charge in [-0.25, -0.2) is 9.97 Å². The maximum atomic E-state index is 12.0. The van der Waals surface area contributed by atoms with Crippen molar-refractivity contribution in [2.75, 3.05) is 78.2 Å². The minimum Gasteiger partial charge on any atom is -0.496 e. The van der Waals surface area contributed by atoms with Crippen molar-refractivity contribution in [2.45, 2.75) is 46.4 Å². The average molecular weight is 803 g/mol. The van der Waals surface area contributed by atoms with E-state index in [4.69, 9.17) is 39.4 Å². The topological polar surface area (TPSA) is 125 Å². The molecule has 0 atom stereocenters. The monoisotopic (exact) mass is 802 g/mol. The molecule has 1 aromatic heterocycles. The van der Waals surface area contributed by atoms with Crippen LogP contribution < -0.4 is 24.8 Å². The lowest BCUT2D eigenvalue weighted by atomic mass is 10.0. The Morgan fingerprint density at radius 3 is 2.24 bits per heavy atom. The van der Waals surface area contributed by atoms with Crippen LogP contribution in [-0.4, -0.2) is 99.0 Å². The number of hydrogen-bond acceptors (Lipinski definition) is 12. The van der Waals surface area contributed by atoms with Crippen LogP contribution in [-0.2, 0) is 46.8 Å². The maximum absolute atomic E-state index is 12.0. The van der Waals surface area contributed by atoms with Crippen molar-refractivity contribution in [2.24, 2.45) is 5.73 Å². The van der Waals surface area contributed by atoms with E-state index in [9.17, 15) is 4.79 Å². The van der Waals surface area contributed by atoms with Crippen LogP contribution in [0.4, 0.5) is 11.5 Å². The number of aryl methyl sites for hydroxylation is 1. The number of aromatic nitrogens is 2. The fourth-order valence-electron chi connectivity index (χ4n) is 7.23. The fraction of sp³-hybridized carbons (Fsp3) is 0.383. The van der Waals surface area contributed by atoms with Crippen LogP contribution in [0.5, 0.6) is 17.2 Å². The quantitative estimate of drug-likeness (QED) is 0.0643. The van der Waals surface area contributed by atoms with E-state index in [1.807, 2.05) is 25.1 Å². The number of benzene rings is 4. The predicted molar refractivity (Wildman–Crippen MR) is 231 cm³/mol. The number of nitrogens with zero attached hydrogens (tertiary/aromatic N) is 5. The first-order valence-electron chi connectivity index (χ1n) is 20.4. The Morgan fingerprint density at radius 1 is 0.797 bits per heavy atom. The molecule has 5 aromatic rings. The molecule has 12 heteroatoms. The molecule has 0 spiro atoms. The van der Waals surface area contributed by atoms with E-state index in [0.29, 0.717) is 69.7 Å². The number of carbonyl (C=O) groups is 1. The lowest BCUT2D eigenvalue weighted by Crippen LogP contribution is -2.47. The molecule has 1 fully saturated rings. The third kappa shape index (κ3) is 12.7. The first-order valence-corrected chi connectivity index (χ1v) is 20.4. The largest absolute Gasteiger partial charge is 0.496 e. The van der Waals surface area contributed by atoms with Crippen molar-refractivity contribution < 1.29 is 28.5 Å². The van der Waals surface area contributed by atoms with Crippen LogP contribution in [0, 0.1) is 6.92 Å². The molecule has 6 rings (SSSR count). The highest BCUT2D eigenvalue weighted by molar-refractivity contribution is 5.71. The maximum Gasteiger partial charge on any atom is 0.320 e. The number of anilines is 2. The molecule has 0 saturated carbocycles. The van der Waals surface area contributed by atoms with Crippen LogP contribution in [0.1, 0.15) is 46.0 Å². The Kier molecular flexibility index (Phi) is 16.1. The number of piperazine rings is 1. The standard InChI is InChI=1S/C47H58N6O6/c1-5-58-47(54)32-52-20-18-51(19-21-52)30-39-10-6-9-38(24-39)25-40-27-46(50-34-49-40)53(41-11-7-8-36(26-41)16-17-48)31-43-44(55-3)28-42(29-45(43)56-4)59-23-22-57-33-37-14-12-35(2)13-15-37/h6-15,24,26-29,34H,5,16-23,25,30-33,48H2,1-4H3. The molecular weight excluding hydrogens is 745 g/mol. The molecule has 1 aliphatic heterocycles. The number of esters is 1. The smallest absolute Gasteiger partial charge is 0.320 e. The van der Waals surface area contributed by atoms with Crippen LogP contribution in [0.3, 0.4) is 0 Å². The molecular formula is C47H58N6O6. The summed E-state index contributed by atoms with van der Waals surface area (Å²) in [5.41, 5.74) is 14.6. The Bertz CT molecular complexity index is 2060. The van der Waals surface area contributed by atoms with E-state index < -0.39 is 0 Å². The highest BCUT2D eigenvalue weighted by atomic mass is 16.5. The number of rotatable bonds is 21. The first kappa shape index (κ1) is 43.1. The Morgan fingerprint density at radius 2 is 1.51 bits per heavy atom. The van der Waals surface area contributed by atoms with Gasteiger partial charge in [-0.05, 0) is 61.2 Å². The number of hydrogen-bond donors (Lipinski definition) is 1. The van der Waals surface area contributed by atoms with Gasteiger partial charge in [0.25, 0.3) is 0 Å². The minimum absolute atomic E-state index is 0.157. The van der Waals surface area contributed by atoms with Gasteiger partial charge >= 0.3 is 5.97 Å². The molecule has 1 aliphatic rings. The van der Waals surface area contributed by atoms with Crippen molar-refractivity contribution in [3.63, 3.8) is 0 Å². The van der Waals surface area contributed by atoms with Crippen molar-refractivity contribution in [1.29, 1.82) is 0 Å². The molecule has 312 valence electrons. The van der Waals surface area contributed by atoms with Gasteiger partial charge in [-0.2, -0.15) is 0 Å². The van der Waals surface area contributed by atoms with Crippen molar-refractivity contribution >= 4 is 17.5 Å². The third-order valence-electron chi connectivity index (χ3n) is 10.3. The third-order valence-corrected chi connectivity index (χ3v) is 10.3. The molecule has 59 heavy (non-hydrogen) atoms. The molecule has 4 aromatic carbocycles. The zero-order valence-electron chi connectivity index (χ0n) is 34.9. The van der Waals surface area contributed by atoms with Crippen LogP contribution in [0.15, 0.2) is 97.3 Å². The van der Waals surface area contributed by atoms with Gasteiger partial charge in [-0.3, -0.25) is 14.6 Å². The second-order valence-corrected chi connectivity index (χ2v) is 14.7. The SMILES string of the molecule is CCOC(=O)CN1CCN(Cc2cccc(Cc3cc(N(Cc4c(OC)cc(OCCOCc5ccc(C)cc5)cc4OC)c4cccc(CCN)c4)ncn3)c2)CC1. The molecule has 0 bridgehead atoms. The highest BCUT2D eigenvalue weighted by Crippen LogP contribution is 2.38. The Hall–Kier alpha value is -5.53. The van der Waals surface area contributed by atoms with Crippen molar-refractivity contribution in [3.05, 3.63) is 136 Å². The summed E-state index contributed by atoms with van der Waals surface area (Å²) in [6.07, 6.45) is 3.03. The van der Waals surface area contributed by atoms with E-state index >= 15 is 0 Å². The number of carbonyl (C=O) groups excluding carboxylic acids is 1. The zero-order valence-corrected chi connectivity index (χ0v) is 34.9. The summed E-state index contributed by atoms with van der Waals surface area (Å²) in [6, 6.07) is 31.2. The molecule has 0 amide bonds. The normalized spacial score (nSPS) is 13.2. The number of methoxy groups -OCH3 is 2. The second kappa shape index (κ2) is 22.0. The minimum atomic E-state index is -0.157. The highest BCUT2D eigenvalue weighted by Gasteiger charge is 2.22. The van der Waals surface area contributed by atoms with Gasteiger partial charge in [0.05, 0.1) is 58.4 Å². The number of ether oxygens (including phenoxy) is 5. The molecule has 0 aliphatic carbocycles. The summed E-state index contributed by atoms with van der Waals surface area (Å²) in [6.45, 7) is 11.3. The summed E-state index contributed by atoms with van der Waals surface area (Å²) >= 11 is 0. The van der Waals surface area contributed by atoms with E-state index in [2.05, 4.69) is 94.4 Å². The van der Waals surface area contributed by atoms with Gasteiger partial charge in [-0.1, -0.05) is 66.2 Å². The molecule has 12 nitrogen and oxygen atoms in total. The molecule has 0 radical (unpaired) electrons. The summed E-state index contributed by atoms with van der Waals surface area (Å²) in [5.74, 6) is 2.48. The summed E-state index contributed by atoms with van der Waals surface area (Å²) < 4.78 is 29.0. The van der Waals surface area contributed by atoms with Crippen LogP contribution in [0.25, 0.3) is 0 Å². The average Bonchev–Trinajstić information content (AvgIpc) is 3.24. The van der Waals surface area contributed by atoms with E-state index in [1.54, 1.807) is 20.5 Å². The van der Waals surface area contributed by atoms with Gasteiger partial charge in [0.15, 0.2) is 0 Å². The molecule has 1 saturated heterocycles. The van der Waals surface area contributed by atoms with Gasteiger partial charge < -0.3 is 34.3 Å². The van der Waals surface area contributed by atoms with Gasteiger partial charge in [0, 0.05) is 63.0 Å². The number of nitrogens with two attached hydrogens (primary N) is 1. The summed E-state index contributed by atoms with van der Waals surface area (Å²) in [5, 5.41) is 0. The lowest BCUT2D eigenvalue weighted by Gasteiger charge is -2.34. The molecule has 2 heterocycles. The van der Waals surface area contributed by atoms with E-state index in [-0.39, 0.29) is 5.97 Å². The van der Waals surface area contributed by atoms with Crippen molar-refractivity contribution in [1.82, 2.24) is 19.8 Å². The molecule has 0 unspecified atom stereocenters. The van der Waals surface area contributed by atoms with E-state index in [0.717, 1.165) is 73.0 Å². The first-order chi connectivity index (χ1) is 28.8. The van der Waals surface area contributed by atoms with Crippen molar-refractivity contribution in [3.8, 4) is 17.2 Å². The second-order valence-electron chi connectivity index (χ2n) is 14.7. The van der Waals surface area contributed by atoms with E-state index in [1.165, 1.54) is 16.7 Å². The van der Waals surface area contributed by atoms with Gasteiger partial charge in [0.2, 0.25) is 0 Å². The van der Waals surface area contributed by atoms with Gasteiger partial charge in [-0.15, -0.1) is 0 Å². The molecule has 2 N–H and O–H groups in total. The Labute approximate surface area is 348 Å². The van der Waals surface area contributed by atoms with Crippen LogP contribution in [0.2, 0.25) is 0 Å². The lowest BCUT2D eigenvalue weighted by molar-refractivity contribution is -0.144. The van der Waals surface area contributed by atoms with Crippen LogP contribution >= 0.6 is 0 Å². The summed E-state index contributed by atoms with van der Waals surface area (Å²) in [7, 11) is 3.31. The zero-order chi connectivity index (χ0) is 41.4. The fourth-order valence-corrected chi connectivity index (χ4v) is 7.23. The summed E-state index contributed by atoms with van der Waals surface area (Å²) in [4.78, 5) is 28.2. The van der Waals surface area contributed by atoms with Gasteiger partial charge in [0.1, 0.15) is 36.0 Å². The Balaban J connectivity index is 1.16. The predicted octanol–water partition coefficient (Wildman–Crippen LogP) is 6.51.